The van der Waals surface area contributed by atoms with Gasteiger partial charge in [-0.05, 0) is 25.1 Å². The van der Waals surface area contributed by atoms with Crippen molar-refractivity contribution in [3.05, 3.63) is 34.8 Å². The SMILES string of the molecule is CCN(CC[N+]12CCN(CC1)CC2)c1ccc(/N=N/c2nccs2)c(Cl)c1. The van der Waals surface area contributed by atoms with Crippen molar-refractivity contribution in [2.45, 2.75) is 6.92 Å². The molecule has 1 aromatic carbocycles. The van der Waals surface area contributed by atoms with Crippen LogP contribution in [0.2, 0.25) is 5.02 Å². The summed E-state index contributed by atoms with van der Waals surface area (Å²) in [6, 6.07) is 6.05. The molecule has 6 nitrogen and oxygen atoms in total. The van der Waals surface area contributed by atoms with E-state index < -0.39 is 0 Å². The van der Waals surface area contributed by atoms with E-state index in [1.165, 1.54) is 61.6 Å². The molecule has 0 atom stereocenters. The molecule has 8 heteroatoms. The number of quaternary nitrogens is 1. The Morgan fingerprint density at radius 1 is 1.22 bits per heavy atom. The van der Waals surface area contributed by atoms with Gasteiger partial charge in [0.05, 0.1) is 37.7 Å². The number of thiazole rings is 1. The molecule has 3 saturated heterocycles. The Bertz CT molecular complexity index is 772. The number of anilines is 1. The summed E-state index contributed by atoms with van der Waals surface area (Å²) in [5.41, 5.74) is 1.84. The van der Waals surface area contributed by atoms with Gasteiger partial charge in [-0.15, -0.1) is 21.6 Å². The Morgan fingerprint density at radius 2 is 2.00 bits per heavy atom. The fraction of sp³-hybridized carbons (Fsp3) is 0.526. The van der Waals surface area contributed by atoms with Crippen molar-refractivity contribution in [3.8, 4) is 0 Å². The van der Waals surface area contributed by atoms with Crippen LogP contribution < -0.4 is 4.90 Å². The molecule has 1 aromatic heterocycles. The van der Waals surface area contributed by atoms with Crippen molar-refractivity contribution in [1.82, 2.24) is 9.88 Å². The van der Waals surface area contributed by atoms with Crippen LogP contribution in [0.25, 0.3) is 0 Å². The monoisotopic (exact) mass is 405 g/mol. The lowest BCUT2D eigenvalue weighted by atomic mass is 10.1. The van der Waals surface area contributed by atoms with Gasteiger partial charge in [-0.1, -0.05) is 11.6 Å². The highest BCUT2D eigenvalue weighted by Gasteiger charge is 2.38. The zero-order valence-electron chi connectivity index (χ0n) is 15.7. The molecule has 5 rings (SSSR count). The van der Waals surface area contributed by atoms with E-state index in [1.807, 2.05) is 17.5 Å². The van der Waals surface area contributed by atoms with Gasteiger partial charge in [0.2, 0.25) is 5.13 Å². The first-order valence-corrected chi connectivity index (χ1v) is 10.9. The maximum atomic E-state index is 6.47. The summed E-state index contributed by atoms with van der Waals surface area (Å²) in [5.74, 6) is 0. The van der Waals surface area contributed by atoms with Gasteiger partial charge in [0.1, 0.15) is 5.69 Å². The zero-order valence-corrected chi connectivity index (χ0v) is 17.3. The normalized spacial score (nSPS) is 24.6. The van der Waals surface area contributed by atoms with E-state index in [0.29, 0.717) is 15.8 Å². The number of nitrogens with zero attached hydrogens (tertiary/aromatic N) is 6. The number of azo groups is 1. The fourth-order valence-electron chi connectivity index (χ4n) is 4.01. The number of rotatable bonds is 7. The van der Waals surface area contributed by atoms with Crippen LogP contribution in [0.4, 0.5) is 16.5 Å². The Morgan fingerprint density at radius 3 is 2.63 bits per heavy atom. The molecular formula is C19H26ClN6S+. The zero-order chi connectivity index (χ0) is 18.7. The van der Waals surface area contributed by atoms with Gasteiger partial charge in [0, 0.05) is 43.4 Å². The van der Waals surface area contributed by atoms with Gasteiger partial charge in [0.15, 0.2) is 0 Å². The van der Waals surface area contributed by atoms with Gasteiger partial charge in [-0.3, -0.25) is 4.90 Å². The van der Waals surface area contributed by atoms with Crippen LogP contribution in [0.15, 0.2) is 40.0 Å². The van der Waals surface area contributed by atoms with Crippen LogP contribution in [0.3, 0.4) is 0 Å². The molecule has 0 N–H and O–H groups in total. The standard InChI is InChI=1S/C19H26ClN6S/c1-2-25(9-13-26-10-6-24(7-11-26)8-12-26)16-3-4-18(17(20)15-16)22-23-19-21-5-14-27-19/h3-5,14-15H,2,6-13H2,1H3/q+1/b23-22+. The molecule has 0 radical (unpaired) electrons. The largest absolute Gasteiger partial charge is 0.366 e. The van der Waals surface area contributed by atoms with E-state index in [1.54, 1.807) is 6.20 Å². The maximum absolute atomic E-state index is 6.47. The molecule has 0 saturated carbocycles. The number of fused-ring (bicyclic) bond motifs is 3. The first kappa shape index (κ1) is 18.8. The van der Waals surface area contributed by atoms with Gasteiger partial charge in [-0.2, -0.15) is 0 Å². The molecule has 3 aliphatic rings. The number of hydrogen-bond acceptors (Lipinski definition) is 6. The van der Waals surface area contributed by atoms with Crippen LogP contribution in [-0.4, -0.2) is 73.3 Å². The van der Waals surface area contributed by atoms with Crippen molar-refractivity contribution >= 4 is 39.4 Å². The number of hydrogen-bond donors (Lipinski definition) is 0. The Kier molecular flexibility index (Phi) is 5.73. The first-order valence-electron chi connectivity index (χ1n) is 9.61. The topological polar surface area (TPSA) is 44.1 Å². The Hall–Kier alpha value is -1.54. The Labute approximate surface area is 169 Å². The summed E-state index contributed by atoms with van der Waals surface area (Å²) >= 11 is 7.93. The van der Waals surface area contributed by atoms with E-state index in [4.69, 9.17) is 11.6 Å². The average Bonchev–Trinajstić information content (AvgIpc) is 3.23. The molecule has 0 amide bonds. The highest BCUT2D eigenvalue weighted by atomic mass is 35.5. The lowest BCUT2D eigenvalue weighted by molar-refractivity contribution is -0.939. The van der Waals surface area contributed by atoms with Gasteiger partial charge >= 0.3 is 0 Å². The van der Waals surface area contributed by atoms with Crippen molar-refractivity contribution < 1.29 is 4.48 Å². The first-order chi connectivity index (χ1) is 13.2. The lowest BCUT2D eigenvalue weighted by Gasteiger charge is -2.51. The van der Waals surface area contributed by atoms with Crippen LogP contribution >= 0.6 is 22.9 Å². The molecule has 2 aromatic rings. The van der Waals surface area contributed by atoms with E-state index in [-0.39, 0.29) is 0 Å². The smallest absolute Gasteiger partial charge is 0.229 e. The van der Waals surface area contributed by atoms with E-state index >= 15 is 0 Å². The number of likely N-dealkylation sites (N-methyl/N-ethyl adjacent to an activating group) is 1. The van der Waals surface area contributed by atoms with E-state index in [0.717, 1.165) is 18.8 Å². The fourth-order valence-corrected chi connectivity index (χ4v) is 4.67. The predicted molar refractivity (Wildman–Crippen MR) is 112 cm³/mol. The molecule has 2 bridgehead atoms. The number of aromatic nitrogens is 1. The minimum absolute atomic E-state index is 0.630. The third kappa shape index (κ3) is 4.32. The number of piperazine rings is 3. The van der Waals surface area contributed by atoms with Crippen LogP contribution in [0.1, 0.15) is 6.92 Å². The highest BCUT2D eigenvalue weighted by Crippen LogP contribution is 2.31. The third-order valence-electron chi connectivity index (χ3n) is 5.86. The number of benzene rings is 1. The van der Waals surface area contributed by atoms with E-state index in [2.05, 4.69) is 38.0 Å². The van der Waals surface area contributed by atoms with Crippen molar-refractivity contribution in [3.63, 3.8) is 0 Å². The summed E-state index contributed by atoms with van der Waals surface area (Å²) in [5, 5.41) is 11.5. The van der Waals surface area contributed by atoms with Crippen LogP contribution in [0.5, 0.6) is 0 Å². The quantitative estimate of drug-likeness (QED) is 0.512. The second-order valence-electron chi connectivity index (χ2n) is 7.31. The molecule has 0 unspecified atom stereocenters. The summed E-state index contributed by atoms with van der Waals surface area (Å²) < 4.78 is 1.28. The molecule has 4 heterocycles. The van der Waals surface area contributed by atoms with Crippen LogP contribution in [-0.2, 0) is 0 Å². The maximum Gasteiger partial charge on any atom is 0.229 e. The highest BCUT2D eigenvalue weighted by molar-refractivity contribution is 7.13. The molecule has 144 valence electrons. The molecule has 3 aliphatic heterocycles. The van der Waals surface area contributed by atoms with Gasteiger partial charge < -0.3 is 9.38 Å². The summed E-state index contributed by atoms with van der Waals surface area (Å²) in [6.07, 6.45) is 1.72. The number of halogens is 1. The van der Waals surface area contributed by atoms with Crippen molar-refractivity contribution in [2.24, 2.45) is 10.2 Å². The molecule has 0 spiro atoms. The summed E-state index contributed by atoms with van der Waals surface area (Å²) in [7, 11) is 0. The van der Waals surface area contributed by atoms with Gasteiger partial charge in [0.25, 0.3) is 0 Å². The second kappa shape index (κ2) is 8.22. The lowest BCUT2D eigenvalue weighted by Crippen LogP contribution is -2.68. The third-order valence-corrected chi connectivity index (χ3v) is 6.82. The Balaban J connectivity index is 1.42. The molecule has 27 heavy (non-hydrogen) atoms. The minimum Gasteiger partial charge on any atom is -0.366 e. The minimum atomic E-state index is 0.630. The molecule has 3 fully saturated rings. The second-order valence-corrected chi connectivity index (χ2v) is 8.59. The van der Waals surface area contributed by atoms with Crippen molar-refractivity contribution in [2.75, 3.05) is 63.8 Å². The molecule has 0 aliphatic carbocycles. The average molecular weight is 406 g/mol. The molecular weight excluding hydrogens is 380 g/mol. The van der Waals surface area contributed by atoms with Crippen LogP contribution in [0, 0.1) is 0 Å². The summed E-state index contributed by atoms with van der Waals surface area (Å²) in [4.78, 5) is 9.12. The predicted octanol–water partition coefficient (Wildman–Crippen LogP) is 4.18. The van der Waals surface area contributed by atoms with Gasteiger partial charge in [-0.25, -0.2) is 4.98 Å². The van der Waals surface area contributed by atoms with Crippen molar-refractivity contribution in [1.29, 1.82) is 0 Å². The van der Waals surface area contributed by atoms with E-state index in [9.17, 15) is 0 Å². The summed E-state index contributed by atoms with van der Waals surface area (Å²) in [6.45, 7) is 13.1.